The van der Waals surface area contributed by atoms with Crippen LogP contribution >= 0.6 is 0 Å². The summed E-state index contributed by atoms with van der Waals surface area (Å²) in [4.78, 5) is 0. The fraction of sp³-hybridized carbons (Fsp3) is 1.00. The Balaban J connectivity index is 3.62. The first-order chi connectivity index (χ1) is 3.48. The molecule has 0 rings (SSSR count). The summed E-state index contributed by atoms with van der Waals surface area (Å²) in [5.41, 5.74) is 0.259. The van der Waals surface area contributed by atoms with Crippen molar-refractivity contribution < 1.29 is 5.11 Å². The first-order valence-electron chi connectivity index (χ1n) is 3.09. The van der Waals surface area contributed by atoms with Crippen molar-refractivity contribution in [2.24, 2.45) is 11.3 Å². The molecule has 1 heteroatoms. The quantitative estimate of drug-likeness (QED) is 0.552. The monoisotopic (exact) mass is 116 g/mol. The maximum Gasteiger partial charge on any atom is 0.0461 e. The van der Waals surface area contributed by atoms with Crippen molar-refractivity contribution in [3.05, 3.63) is 0 Å². The highest BCUT2D eigenvalue weighted by Crippen LogP contribution is 2.23. The van der Waals surface area contributed by atoms with Gasteiger partial charge in [-0.25, -0.2) is 0 Å². The molecule has 0 saturated carbocycles. The summed E-state index contributed by atoms with van der Waals surface area (Å²) in [6.45, 7) is 8.75. The predicted octanol–water partition coefficient (Wildman–Crippen LogP) is 1.66. The van der Waals surface area contributed by atoms with Crippen LogP contribution in [-0.2, 0) is 0 Å². The van der Waals surface area contributed by atoms with Gasteiger partial charge in [-0.15, -0.1) is 0 Å². The number of aliphatic hydroxyl groups is 1. The van der Waals surface area contributed by atoms with Crippen molar-refractivity contribution in [1.82, 2.24) is 0 Å². The van der Waals surface area contributed by atoms with E-state index in [9.17, 15) is 0 Å². The Hall–Kier alpha value is -0.0400. The van der Waals surface area contributed by atoms with Crippen molar-refractivity contribution >= 4 is 0 Å². The summed E-state index contributed by atoms with van der Waals surface area (Å²) in [6, 6.07) is 0. The van der Waals surface area contributed by atoms with E-state index >= 15 is 0 Å². The third-order valence-electron chi connectivity index (χ3n) is 1.75. The molecule has 1 N–H and O–H groups in total. The molecule has 1 atom stereocenters. The molecule has 0 aromatic rings. The van der Waals surface area contributed by atoms with E-state index in [1.807, 2.05) is 0 Å². The molecule has 0 unspecified atom stereocenters. The third kappa shape index (κ3) is 2.31. The zero-order valence-electron chi connectivity index (χ0n) is 6.23. The van der Waals surface area contributed by atoms with E-state index in [1.165, 1.54) is 0 Å². The van der Waals surface area contributed by atoms with Gasteiger partial charge in [-0.2, -0.15) is 0 Å². The van der Waals surface area contributed by atoms with Gasteiger partial charge < -0.3 is 5.11 Å². The van der Waals surface area contributed by atoms with Crippen LogP contribution in [0.3, 0.4) is 0 Å². The van der Waals surface area contributed by atoms with E-state index in [0.717, 1.165) is 0 Å². The van der Waals surface area contributed by atoms with Crippen molar-refractivity contribution in [1.29, 1.82) is 0 Å². The molecule has 0 bridgehead atoms. The Morgan fingerprint density at radius 1 is 1.38 bits per heavy atom. The van der Waals surface area contributed by atoms with Crippen LogP contribution in [0, 0.1) is 11.3 Å². The minimum atomic E-state index is 0.259. The van der Waals surface area contributed by atoms with Crippen LogP contribution in [0.5, 0.6) is 0 Å². The summed E-state index contributed by atoms with van der Waals surface area (Å²) in [5, 5.41) is 8.67. The highest BCUT2D eigenvalue weighted by molar-refractivity contribution is 4.67. The molecule has 0 spiro atoms. The molecule has 0 aromatic carbocycles. The standard InChI is InChI=1S/C7H16O/c1-6(5-8)7(2,3)4/h6,8H,5H2,1-4H3/t6-/m1/s1. The molecule has 0 heterocycles. The largest absolute Gasteiger partial charge is 0.396 e. The lowest BCUT2D eigenvalue weighted by atomic mass is 9.83. The molecular weight excluding hydrogens is 100 g/mol. The van der Waals surface area contributed by atoms with E-state index in [-0.39, 0.29) is 5.41 Å². The van der Waals surface area contributed by atoms with E-state index in [0.29, 0.717) is 12.5 Å². The van der Waals surface area contributed by atoms with Crippen LogP contribution < -0.4 is 0 Å². The minimum absolute atomic E-state index is 0.259. The van der Waals surface area contributed by atoms with Gasteiger partial charge >= 0.3 is 0 Å². The molecule has 0 fully saturated rings. The molecule has 1 nitrogen and oxygen atoms in total. The van der Waals surface area contributed by atoms with Gasteiger partial charge in [-0.05, 0) is 11.3 Å². The Kier molecular flexibility index (Phi) is 2.48. The lowest BCUT2D eigenvalue weighted by molar-refractivity contribution is 0.146. The fourth-order valence-corrected chi connectivity index (χ4v) is 0.274. The second-order valence-corrected chi connectivity index (χ2v) is 3.45. The minimum Gasteiger partial charge on any atom is -0.396 e. The van der Waals surface area contributed by atoms with Crippen molar-refractivity contribution in [2.75, 3.05) is 6.61 Å². The summed E-state index contributed by atoms with van der Waals surface area (Å²) >= 11 is 0. The molecule has 0 saturated heterocycles. The number of rotatable bonds is 1. The van der Waals surface area contributed by atoms with Crippen LogP contribution in [0.15, 0.2) is 0 Å². The Morgan fingerprint density at radius 3 is 1.75 bits per heavy atom. The van der Waals surface area contributed by atoms with Crippen LogP contribution in [0.2, 0.25) is 0 Å². The Labute approximate surface area is 51.7 Å². The molecular formula is C7H16O. The van der Waals surface area contributed by atoms with Gasteiger partial charge in [0.25, 0.3) is 0 Å². The molecule has 0 radical (unpaired) electrons. The van der Waals surface area contributed by atoms with Crippen molar-refractivity contribution in [3.63, 3.8) is 0 Å². The van der Waals surface area contributed by atoms with Gasteiger partial charge in [0.15, 0.2) is 0 Å². The Bertz CT molecular complexity index is 61.3. The number of hydrogen-bond acceptors (Lipinski definition) is 1. The van der Waals surface area contributed by atoms with Crippen molar-refractivity contribution in [2.45, 2.75) is 27.7 Å². The maximum absolute atomic E-state index is 8.67. The molecule has 8 heavy (non-hydrogen) atoms. The summed E-state index contributed by atoms with van der Waals surface area (Å²) in [6.07, 6.45) is 0. The zero-order valence-corrected chi connectivity index (χ0v) is 6.23. The zero-order chi connectivity index (χ0) is 6.78. The maximum atomic E-state index is 8.67. The van der Waals surface area contributed by atoms with Gasteiger partial charge in [0.2, 0.25) is 0 Å². The van der Waals surface area contributed by atoms with Crippen LogP contribution in [0.1, 0.15) is 27.7 Å². The fourth-order valence-electron chi connectivity index (χ4n) is 0.274. The third-order valence-corrected chi connectivity index (χ3v) is 1.75. The summed E-state index contributed by atoms with van der Waals surface area (Å²) in [7, 11) is 0. The van der Waals surface area contributed by atoms with Gasteiger partial charge in [-0.1, -0.05) is 27.7 Å². The smallest absolute Gasteiger partial charge is 0.0461 e. The molecule has 50 valence electrons. The second kappa shape index (κ2) is 2.49. The highest BCUT2D eigenvalue weighted by atomic mass is 16.3. The average Bonchev–Trinajstić information content (AvgIpc) is 1.62. The van der Waals surface area contributed by atoms with E-state index < -0.39 is 0 Å². The van der Waals surface area contributed by atoms with E-state index in [4.69, 9.17) is 5.11 Å². The highest BCUT2D eigenvalue weighted by Gasteiger charge is 2.17. The van der Waals surface area contributed by atoms with Crippen LogP contribution in [0.4, 0.5) is 0 Å². The lowest BCUT2D eigenvalue weighted by Crippen LogP contribution is -2.20. The van der Waals surface area contributed by atoms with Crippen LogP contribution in [0.25, 0.3) is 0 Å². The SMILES string of the molecule is C[C@H](CO)C(C)(C)C. The second-order valence-electron chi connectivity index (χ2n) is 3.45. The molecule has 0 aromatic heterocycles. The van der Waals surface area contributed by atoms with E-state index in [2.05, 4.69) is 27.7 Å². The first kappa shape index (κ1) is 7.96. The molecule has 0 aliphatic carbocycles. The predicted molar refractivity (Wildman–Crippen MR) is 35.7 cm³/mol. The van der Waals surface area contributed by atoms with Gasteiger partial charge in [-0.3, -0.25) is 0 Å². The molecule has 0 amide bonds. The number of hydrogen-bond donors (Lipinski definition) is 1. The van der Waals surface area contributed by atoms with Gasteiger partial charge in [0.05, 0.1) is 0 Å². The Morgan fingerprint density at radius 2 is 1.75 bits per heavy atom. The molecule has 0 aliphatic rings. The first-order valence-corrected chi connectivity index (χ1v) is 3.09. The normalized spacial score (nSPS) is 16.1. The molecule has 0 aliphatic heterocycles. The van der Waals surface area contributed by atoms with Crippen LogP contribution in [-0.4, -0.2) is 11.7 Å². The van der Waals surface area contributed by atoms with Gasteiger partial charge in [0.1, 0.15) is 0 Å². The summed E-state index contributed by atoms with van der Waals surface area (Å²) in [5.74, 6) is 0.405. The van der Waals surface area contributed by atoms with Crippen molar-refractivity contribution in [3.8, 4) is 0 Å². The summed E-state index contributed by atoms with van der Waals surface area (Å²) < 4.78 is 0. The average molecular weight is 116 g/mol. The van der Waals surface area contributed by atoms with Gasteiger partial charge in [0, 0.05) is 6.61 Å². The van der Waals surface area contributed by atoms with E-state index in [1.54, 1.807) is 0 Å². The topological polar surface area (TPSA) is 20.2 Å². The lowest BCUT2D eigenvalue weighted by Gasteiger charge is -2.24. The number of aliphatic hydroxyl groups excluding tert-OH is 1.